The lowest BCUT2D eigenvalue weighted by atomic mass is 10.2. The minimum Gasteiger partial charge on any atom is -0.506 e. The highest BCUT2D eigenvalue weighted by atomic mass is 127. The first-order valence-electron chi connectivity index (χ1n) is 6.76. The highest BCUT2D eigenvalue weighted by Gasteiger charge is 2.08. The number of rotatable bonds is 2. The molecule has 0 amide bonds. The summed E-state index contributed by atoms with van der Waals surface area (Å²) < 4.78 is 3.83. The van der Waals surface area contributed by atoms with Crippen LogP contribution in [0.5, 0.6) is 5.75 Å². The van der Waals surface area contributed by atoms with Crippen molar-refractivity contribution in [1.29, 1.82) is 0 Å². The lowest BCUT2D eigenvalue weighted by Crippen LogP contribution is -2.19. The van der Waals surface area contributed by atoms with E-state index in [0.717, 1.165) is 11.0 Å². The number of hydrogen-bond donors (Lipinski definition) is 1. The number of aromatic nitrogens is 2. The van der Waals surface area contributed by atoms with Gasteiger partial charge >= 0.3 is 5.69 Å². The van der Waals surface area contributed by atoms with Crippen LogP contribution in [0.2, 0.25) is 5.02 Å². The zero-order valence-corrected chi connectivity index (χ0v) is 15.3. The Morgan fingerprint density at radius 1 is 1.17 bits per heavy atom. The second-order valence-electron chi connectivity index (χ2n) is 5.16. The largest absolute Gasteiger partial charge is 0.506 e. The van der Waals surface area contributed by atoms with Gasteiger partial charge in [-0.2, -0.15) is 0 Å². The lowest BCUT2D eigenvalue weighted by molar-refractivity contribution is 0.470. The van der Waals surface area contributed by atoms with Gasteiger partial charge in [-0.15, -0.1) is 0 Å². The van der Waals surface area contributed by atoms with E-state index in [0.29, 0.717) is 19.8 Å². The summed E-state index contributed by atoms with van der Waals surface area (Å²) in [5, 5.41) is 10.6. The van der Waals surface area contributed by atoms with Crippen molar-refractivity contribution in [2.45, 2.75) is 0 Å². The minimum atomic E-state index is -0.0804. The van der Waals surface area contributed by atoms with E-state index in [-0.39, 0.29) is 11.4 Å². The fraction of sp³-hybridized carbons (Fsp3) is 0.125. The van der Waals surface area contributed by atoms with Gasteiger partial charge in [-0.3, -0.25) is 14.1 Å². The molecule has 0 spiro atoms. The van der Waals surface area contributed by atoms with Crippen LogP contribution in [0.25, 0.3) is 11.0 Å². The van der Waals surface area contributed by atoms with Crippen LogP contribution in [-0.2, 0) is 14.1 Å². The smallest absolute Gasteiger partial charge is 0.328 e. The summed E-state index contributed by atoms with van der Waals surface area (Å²) in [7, 11) is 3.46. The fourth-order valence-corrected chi connectivity index (χ4v) is 3.46. The van der Waals surface area contributed by atoms with Crippen LogP contribution in [0.1, 0.15) is 5.56 Å². The second kappa shape index (κ2) is 6.01. The van der Waals surface area contributed by atoms with E-state index in [9.17, 15) is 9.90 Å². The first-order chi connectivity index (χ1) is 10.9. The standard InChI is InChI=1S/C16H13ClIN3O2/c1-20-13-4-3-11(7-14(13)21(2)16(20)23)19-8-9-5-10(17)6-12(18)15(9)22/h3-8,22H,1-2H3. The Hall–Kier alpha value is -1.80. The molecule has 0 aliphatic rings. The normalized spacial score (nSPS) is 11.7. The van der Waals surface area contributed by atoms with Crippen molar-refractivity contribution in [3.63, 3.8) is 0 Å². The molecule has 5 nitrogen and oxygen atoms in total. The topological polar surface area (TPSA) is 59.5 Å². The van der Waals surface area contributed by atoms with E-state index >= 15 is 0 Å². The zero-order valence-electron chi connectivity index (χ0n) is 12.4. The van der Waals surface area contributed by atoms with Crippen LogP contribution < -0.4 is 5.69 Å². The Balaban J connectivity index is 2.05. The van der Waals surface area contributed by atoms with E-state index < -0.39 is 0 Å². The number of aromatic hydroxyl groups is 1. The molecule has 1 heterocycles. The number of fused-ring (bicyclic) bond motifs is 1. The Morgan fingerprint density at radius 3 is 2.61 bits per heavy atom. The number of benzene rings is 2. The van der Waals surface area contributed by atoms with Gasteiger partial charge in [0.25, 0.3) is 0 Å². The maximum atomic E-state index is 11.9. The molecule has 3 rings (SSSR count). The van der Waals surface area contributed by atoms with Crippen LogP contribution in [-0.4, -0.2) is 20.5 Å². The first kappa shape index (κ1) is 16.1. The highest BCUT2D eigenvalue weighted by molar-refractivity contribution is 14.1. The molecule has 7 heteroatoms. The minimum absolute atomic E-state index is 0.0804. The van der Waals surface area contributed by atoms with Gasteiger partial charge in [0, 0.05) is 30.9 Å². The van der Waals surface area contributed by atoms with Crippen molar-refractivity contribution in [2.24, 2.45) is 19.1 Å². The fourth-order valence-electron chi connectivity index (χ4n) is 2.40. The molecule has 0 fully saturated rings. The molecule has 0 atom stereocenters. The van der Waals surface area contributed by atoms with Crippen molar-refractivity contribution in [3.8, 4) is 5.75 Å². The average Bonchev–Trinajstić information content (AvgIpc) is 2.74. The number of hydrogen-bond acceptors (Lipinski definition) is 3. The van der Waals surface area contributed by atoms with Gasteiger partial charge in [-0.25, -0.2) is 4.79 Å². The molecular weight excluding hydrogens is 429 g/mol. The van der Waals surface area contributed by atoms with Gasteiger partial charge in [0.05, 0.1) is 20.3 Å². The molecule has 0 saturated carbocycles. The number of imidazole rings is 1. The molecule has 0 unspecified atom stereocenters. The van der Waals surface area contributed by atoms with Crippen LogP contribution in [0.4, 0.5) is 5.69 Å². The average molecular weight is 442 g/mol. The summed E-state index contributed by atoms with van der Waals surface area (Å²) in [6.07, 6.45) is 1.56. The number of aliphatic imine (C=N–C) groups is 1. The monoisotopic (exact) mass is 441 g/mol. The van der Waals surface area contributed by atoms with Crippen molar-refractivity contribution in [3.05, 3.63) is 55.0 Å². The van der Waals surface area contributed by atoms with E-state index in [1.165, 1.54) is 0 Å². The van der Waals surface area contributed by atoms with E-state index in [1.807, 2.05) is 40.8 Å². The number of nitrogens with zero attached hydrogens (tertiary/aromatic N) is 3. The lowest BCUT2D eigenvalue weighted by Gasteiger charge is -2.03. The van der Waals surface area contributed by atoms with Gasteiger partial charge in [-0.1, -0.05) is 11.6 Å². The van der Waals surface area contributed by atoms with Gasteiger partial charge < -0.3 is 5.11 Å². The van der Waals surface area contributed by atoms with Gasteiger partial charge in [-0.05, 0) is 52.9 Å². The number of phenols is 1. The molecule has 23 heavy (non-hydrogen) atoms. The van der Waals surface area contributed by atoms with Crippen LogP contribution in [0.3, 0.4) is 0 Å². The number of aryl methyl sites for hydroxylation is 2. The number of halogens is 2. The maximum Gasteiger partial charge on any atom is 0.328 e. The SMILES string of the molecule is Cn1c(=O)n(C)c2cc(N=Cc3cc(Cl)cc(I)c3O)ccc21. The van der Waals surface area contributed by atoms with Crippen molar-refractivity contribution in [2.75, 3.05) is 0 Å². The molecule has 0 aliphatic carbocycles. The molecule has 1 aromatic heterocycles. The van der Waals surface area contributed by atoms with E-state index in [1.54, 1.807) is 41.6 Å². The van der Waals surface area contributed by atoms with Crippen molar-refractivity contribution >= 4 is 57.1 Å². The first-order valence-corrected chi connectivity index (χ1v) is 8.21. The van der Waals surface area contributed by atoms with Crippen LogP contribution in [0.15, 0.2) is 40.1 Å². The molecule has 0 bridgehead atoms. The summed E-state index contributed by atoms with van der Waals surface area (Å²) in [6, 6.07) is 8.84. The Morgan fingerprint density at radius 2 is 1.87 bits per heavy atom. The third kappa shape index (κ3) is 2.88. The summed E-state index contributed by atoms with van der Waals surface area (Å²) in [6.45, 7) is 0. The molecule has 0 saturated heterocycles. The Bertz CT molecular complexity index is 1000. The summed E-state index contributed by atoms with van der Waals surface area (Å²) in [5.74, 6) is 0.145. The Kier molecular flexibility index (Phi) is 4.20. The zero-order chi connectivity index (χ0) is 16.7. The molecule has 1 N–H and O–H groups in total. The molecule has 0 aliphatic heterocycles. The van der Waals surface area contributed by atoms with Gasteiger partial charge in [0.15, 0.2) is 0 Å². The quantitative estimate of drug-likeness (QED) is 0.488. The predicted octanol–water partition coefficient (Wildman–Crippen LogP) is 3.59. The second-order valence-corrected chi connectivity index (χ2v) is 6.76. The van der Waals surface area contributed by atoms with Gasteiger partial charge in [0.2, 0.25) is 0 Å². The molecule has 3 aromatic rings. The van der Waals surface area contributed by atoms with E-state index in [2.05, 4.69) is 4.99 Å². The van der Waals surface area contributed by atoms with Crippen LogP contribution in [0, 0.1) is 3.57 Å². The molecular formula is C16H13ClIN3O2. The summed E-state index contributed by atoms with van der Waals surface area (Å²) in [5.41, 5.74) is 2.80. The molecule has 118 valence electrons. The molecule has 0 radical (unpaired) electrons. The third-order valence-electron chi connectivity index (χ3n) is 3.67. The highest BCUT2D eigenvalue weighted by Crippen LogP contribution is 2.28. The Labute approximate surface area is 151 Å². The van der Waals surface area contributed by atoms with Crippen LogP contribution >= 0.6 is 34.2 Å². The number of phenolic OH excluding ortho intramolecular Hbond substituents is 1. The van der Waals surface area contributed by atoms with Crippen molar-refractivity contribution in [1.82, 2.24) is 9.13 Å². The third-order valence-corrected chi connectivity index (χ3v) is 4.71. The predicted molar refractivity (Wildman–Crippen MR) is 101 cm³/mol. The maximum absolute atomic E-state index is 11.9. The van der Waals surface area contributed by atoms with E-state index in [4.69, 9.17) is 11.6 Å². The van der Waals surface area contributed by atoms with Crippen molar-refractivity contribution < 1.29 is 5.11 Å². The molecule has 2 aromatic carbocycles. The summed E-state index contributed by atoms with van der Waals surface area (Å²) in [4.78, 5) is 16.3. The van der Waals surface area contributed by atoms with Gasteiger partial charge in [0.1, 0.15) is 5.75 Å². The summed E-state index contributed by atoms with van der Waals surface area (Å²) >= 11 is 8.02.